The fourth-order valence-corrected chi connectivity index (χ4v) is 3.73. The van der Waals surface area contributed by atoms with Crippen LogP contribution in [0.25, 0.3) is 0 Å². The molecule has 0 aliphatic carbocycles. The Morgan fingerprint density at radius 1 is 0.917 bits per heavy atom. The summed E-state index contributed by atoms with van der Waals surface area (Å²) >= 11 is 6.01. The topological polar surface area (TPSA) is 93.3 Å². The van der Waals surface area contributed by atoms with E-state index in [1.165, 1.54) is 6.33 Å². The molecule has 4 rings (SSSR count). The molecule has 0 aliphatic heterocycles. The molecule has 1 amide bonds. The summed E-state index contributed by atoms with van der Waals surface area (Å²) in [5.74, 6) is 0.821. The fourth-order valence-electron chi connectivity index (χ4n) is 3.55. The maximum absolute atomic E-state index is 13.1. The number of carbonyl (C=O) groups excluding carboxylic acids is 2. The Kier molecular flexibility index (Phi) is 8.86. The second-order valence-electron chi connectivity index (χ2n) is 8.22. The van der Waals surface area contributed by atoms with E-state index in [1.807, 2.05) is 54.6 Å². The van der Waals surface area contributed by atoms with Crippen molar-refractivity contribution in [1.82, 2.24) is 15.3 Å². The van der Waals surface area contributed by atoms with Crippen LogP contribution < -0.4 is 10.1 Å². The predicted octanol–water partition coefficient (Wildman–Crippen LogP) is 4.91. The number of nitrogens with zero attached hydrogens (tertiary/aromatic N) is 1. The molecule has 3 aromatic carbocycles. The van der Waals surface area contributed by atoms with Gasteiger partial charge in [0.2, 0.25) is 5.91 Å². The van der Waals surface area contributed by atoms with E-state index in [-0.39, 0.29) is 31.1 Å². The van der Waals surface area contributed by atoms with Gasteiger partial charge in [-0.3, -0.25) is 9.59 Å². The molecule has 1 aromatic heterocycles. The molecular weight excluding hydrogens is 478 g/mol. The standard InChI is InChI=1S/C28H26ClN3O4/c29-22-7-4-8-25(14-22)36-24-11-9-20(10-12-24)13-27(33)26(18-35-17-21-5-2-1-3-6-21)32-28(34)15-23-16-30-19-31-23/h1-12,14,16,19,26H,13,15,17-18H2,(H,30,31)(H,32,34)/t26-/m0/s1. The van der Waals surface area contributed by atoms with Crippen molar-refractivity contribution in [2.75, 3.05) is 6.61 Å². The highest BCUT2D eigenvalue weighted by Crippen LogP contribution is 2.24. The maximum atomic E-state index is 13.1. The Labute approximate surface area is 214 Å². The van der Waals surface area contributed by atoms with Gasteiger partial charge in [0.1, 0.15) is 17.5 Å². The third-order valence-corrected chi connectivity index (χ3v) is 5.59. The zero-order valence-electron chi connectivity index (χ0n) is 19.5. The van der Waals surface area contributed by atoms with Gasteiger partial charge in [0.05, 0.1) is 26.0 Å². The van der Waals surface area contributed by atoms with Crippen LogP contribution in [0.2, 0.25) is 5.02 Å². The molecule has 0 aliphatic rings. The lowest BCUT2D eigenvalue weighted by atomic mass is 10.0. The van der Waals surface area contributed by atoms with E-state index in [0.717, 1.165) is 11.1 Å². The number of hydrogen-bond acceptors (Lipinski definition) is 5. The van der Waals surface area contributed by atoms with Crippen LogP contribution in [-0.4, -0.2) is 34.3 Å². The highest BCUT2D eigenvalue weighted by Gasteiger charge is 2.22. The van der Waals surface area contributed by atoms with Gasteiger partial charge in [-0.05, 0) is 41.5 Å². The summed E-state index contributed by atoms with van der Waals surface area (Å²) in [4.78, 5) is 32.5. The first kappa shape index (κ1) is 25.2. The summed E-state index contributed by atoms with van der Waals surface area (Å²) in [5, 5.41) is 3.40. The number of nitrogens with one attached hydrogen (secondary N) is 2. The Bertz CT molecular complexity index is 1260. The second kappa shape index (κ2) is 12.7. The Hall–Kier alpha value is -3.94. The molecule has 184 valence electrons. The number of carbonyl (C=O) groups is 2. The highest BCUT2D eigenvalue weighted by molar-refractivity contribution is 6.30. The number of aromatic amines is 1. The average Bonchev–Trinajstić information content (AvgIpc) is 3.38. The minimum Gasteiger partial charge on any atom is -0.457 e. The Balaban J connectivity index is 1.37. The number of amides is 1. The molecule has 0 saturated heterocycles. The smallest absolute Gasteiger partial charge is 0.226 e. The molecule has 8 heteroatoms. The summed E-state index contributed by atoms with van der Waals surface area (Å²) in [6.07, 6.45) is 3.32. The summed E-state index contributed by atoms with van der Waals surface area (Å²) in [5.41, 5.74) is 2.45. The molecule has 36 heavy (non-hydrogen) atoms. The van der Waals surface area contributed by atoms with E-state index in [0.29, 0.717) is 28.8 Å². The zero-order valence-corrected chi connectivity index (χ0v) is 20.3. The van der Waals surface area contributed by atoms with Crippen LogP contribution >= 0.6 is 11.6 Å². The Morgan fingerprint density at radius 2 is 1.72 bits per heavy atom. The SMILES string of the molecule is O=C(Cc1cnc[nH]1)N[C@@H](COCc1ccccc1)C(=O)Cc1ccc(Oc2cccc(Cl)c2)cc1. The number of ether oxygens (including phenoxy) is 2. The molecule has 0 fully saturated rings. The van der Waals surface area contributed by atoms with Gasteiger partial charge in [-0.25, -0.2) is 4.98 Å². The van der Waals surface area contributed by atoms with Crippen molar-refractivity contribution >= 4 is 23.3 Å². The first-order chi connectivity index (χ1) is 17.5. The van der Waals surface area contributed by atoms with Crippen molar-refractivity contribution in [1.29, 1.82) is 0 Å². The fraction of sp³-hybridized carbons (Fsp3) is 0.179. The van der Waals surface area contributed by atoms with Crippen molar-refractivity contribution < 1.29 is 19.1 Å². The molecule has 0 radical (unpaired) electrons. The lowest BCUT2D eigenvalue weighted by Crippen LogP contribution is -2.45. The van der Waals surface area contributed by atoms with Gasteiger partial charge in [-0.15, -0.1) is 0 Å². The summed E-state index contributed by atoms with van der Waals surface area (Å²) in [6, 6.07) is 23.2. The van der Waals surface area contributed by atoms with Gasteiger partial charge in [0, 0.05) is 23.3 Å². The largest absolute Gasteiger partial charge is 0.457 e. The van der Waals surface area contributed by atoms with Gasteiger partial charge >= 0.3 is 0 Å². The van der Waals surface area contributed by atoms with Crippen molar-refractivity contribution in [3.05, 3.63) is 113 Å². The van der Waals surface area contributed by atoms with Gasteiger partial charge in [0.25, 0.3) is 0 Å². The van der Waals surface area contributed by atoms with Crippen molar-refractivity contribution in [2.24, 2.45) is 0 Å². The van der Waals surface area contributed by atoms with Gasteiger partial charge in [0.15, 0.2) is 5.78 Å². The zero-order chi connectivity index (χ0) is 25.2. The van der Waals surface area contributed by atoms with E-state index >= 15 is 0 Å². The lowest BCUT2D eigenvalue weighted by molar-refractivity contribution is -0.128. The van der Waals surface area contributed by atoms with Gasteiger partial charge in [-0.1, -0.05) is 60.1 Å². The van der Waals surface area contributed by atoms with Crippen LogP contribution in [0, 0.1) is 0 Å². The molecular formula is C28H26ClN3O4. The number of Topliss-reactive ketones (excluding diaryl/α,β-unsaturated/α-hetero) is 1. The van der Waals surface area contributed by atoms with Crippen LogP contribution in [0.1, 0.15) is 16.8 Å². The van der Waals surface area contributed by atoms with Gasteiger partial charge < -0.3 is 19.8 Å². The van der Waals surface area contributed by atoms with E-state index in [1.54, 1.807) is 30.5 Å². The first-order valence-corrected chi connectivity index (χ1v) is 11.9. The number of aromatic nitrogens is 2. The molecule has 0 bridgehead atoms. The summed E-state index contributed by atoms with van der Waals surface area (Å²) < 4.78 is 11.6. The summed E-state index contributed by atoms with van der Waals surface area (Å²) in [7, 11) is 0. The molecule has 0 spiro atoms. The van der Waals surface area contributed by atoms with E-state index in [2.05, 4.69) is 15.3 Å². The van der Waals surface area contributed by atoms with Crippen LogP contribution in [0.3, 0.4) is 0 Å². The first-order valence-electron chi connectivity index (χ1n) is 11.5. The number of ketones is 1. The van der Waals surface area contributed by atoms with Crippen molar-refractivity contribution in [3.8, 4) is 11.5 Å². The molecule has 0 saturated carbocycles. The van der Waals surface area contributed by atoms with Crippen LogP contribution in [0.15, 0.2) is 91.4 Å². The third kappa shape index (κ3) is 7.80. The van der Waals surface area contributed by atoms with Crippen LogP contribution in [0.5, 0.6) is 11.5 Å². The summed E-state index contributed by atoms with van der Waals surface area (Å²) in [6.45, 7) is 0.412. The number of imidazole rings is 1. The molecule has 0 unspecified atom stereocenters. The van der Waals surface area contributed by atoms with Crippen molar-refractivity contribution in [3.63, 3.8) is 0 Å². The molecule has 1 heterocycles. The molecule has 1 atom stereocenters. The monoisotopic (exact) mass is 503 g/mol. The molecule has 2 N–H and O–H groups in total. The lowest BCUT2D eigenvalue weighted by Gasteiger charge is -2.18. The Morgan fingerprint density at radius 3 is 2.44 bits per heavy atom. The number of rotatable bonds is 12. The minimum atomic E-state index is -0.786. The number of hydrogen-bond donors (Lipinski definition) is 2. The molecule has 7 nitrogen and oxygen atoms in total. The third-order valence-electron chi connectivity index (χ3n) is 5.36. The van der Waals surface area contributed by atoms with Crippen molar-refractivity contribution in [2.45, 2.75) is 25.5 Å². The highest BCUT2D eigenvalue weighted by atomic mass is 35.5. The second-order valence-corrected chi connectivity index (χ2v) is 8.66. The number of H-pyrrole nitrogens is 1. The van der Waals surface area contributed by atoms with Crippen LogP contribution in [0.4, 0.5) is 0 Å². The number of halogens is 1. The quantitative estimate of drug-likeness (QED) is 0.286. The van der Waals surface area contributed by atoms with E-state index < -0.39 is 6.04 Å². The maximum Gasteiger partial charge on any atom is 0.226 e. The molecule has 4 aromatic rings. The van der Waals surface area contributed by atoms with Crippen LogP contribution in [-0.2, 0) is 33.8 Å². The van der Waals surface area contributed by atoms with E-state index in [9.17, 15) is 9.59 Å². The van der Waals surface area contributed by atoms with Gasteiger partial charge in [-0.2, -0.15) is 0 Å². The minimum absolute atomic E-state index is 0.0679. The van der Waals surface area contributed by atoms with E-state index in [4.69, 9.17) is 21.1 Å². The predicted molar refractivity (Wildman–Crippen MR) is 137 cm³/mol. The normalized spacial score (nSPS) is 11.6. The average molecular weight is 504 g/mol. The number of benzene rings is 3.